The monoisotopic (exact) mass is 1790 g/mol. The van der Waals surface area contributed by atoms with Gasteiger partial charge in [-0.3, -0.25) is 59.1 Å². The van der Waals surface area contributed by atoms with Gasteiger partial charge in [0.25, 0.3) is 29.5 Å². The molecule has 36 heteroatoms. The molecule has 15 aromatic rings. The quantitative estimate of drug-likeness (QED) is 0.0243. The molecule has 124 heavy (non-hydrogen) atoms. The largest absolute Gasteiger partial charge is 1.00 e. The van der Waals surface area contributed by atoms with Crippen LogP contribution in [-0.4, -0.2) is 127 Å². The van der Waals surface area contributed by atoms with E-state index in [9.17, 15) is 29.1 Å². The Hall–Kier alpha value is -13.7. The third-order valence-electron chi connectivity index (χ3n) is 18.5. The number of H-pyrrole nitrogens is 6. The number of aromatic amines is 6. The Balaban J connectivity index is 0.000000141. The molecule has 0 fully saturated rings. The molecule has 17 rings (SSSR count). The van der Waals surface area contributed by atoms with Crippen molar-refractivity contribution in [3.63, 3.8) is 0 Å². The lowest BCUT2D eigenvalue weighted by Gasteiger charge is -2.22. The molecule has 0 spiro atoms. The molecular formula is C88H88ClN15O15S5. The molecule has 2 aliphatic heterocycles. The van der Waals surface area contributed by atoms with Gasteiger partial charge in [-0.15, -0.1) is 61.8 Å². The van der Waals surface area contributed by atoms with Crippen LogP contribution in [0.1, 0.15) is 58.2 Å². The maximum atomic E-state index is 13.0. The van der Waals surface area contributed by atoms with Crippen molar-refractivity contribution in [1.82, 2.24) is 45.9 Å². The summed E-state index contributed by atoms with van der Waals surface area (Å²) in [4.78, 5) is 77.3. The maximum absolute atomic E-state index is 13.0. The molecule has 642 valence electrons. The molecule has 0 radical (unpaired) electrons. The molecule has 7 N–H and O–H groups in total. The first-order valence-electron chi connectivity index (χ1n) is 38.4. The van der Waals surface area contributed by atoms with E-state index in [-0.39, 0.29) is 100 Å². The molecule has 0 bridgehead atoms. The molecule has 0 unspecified atom stereocenters. The number of nitrogens with one attached hydrogen (secondary N) is 6. The minimum absolute atomic E-state index is 0. The summed E-state index contributed by atoms with van der Waals surface area (Å²) in [5.74, 6) is 5.90. The molecule has 10 aromatic heterocycles. The van der Waals surface area contributed by atoms with Crippen molar-refractivity contribution in [2.75, 3.05) is 71.1 Å². The van der Waals surface area contributed by atoms with Crippen molar-refractivity contribution in [2.45, 2.75) is 74.3 Å². The molecule has 5 amide bonds. The number of phenolic OH excluding ortho intramolecular Hbond substituents is 1. The van der Waals surface area contributed by atoms with Crippen LogP contribution in [0.2, 0.25) is 0 Å². The van der Waals surface area contributed by atoms with E-state index in [1.54, 1.807) is 173 Å². The van der Waals surface area contributed by atoms with E-state index in [1.165, 1.54) is 0 Å². The summed E-state index contributed by atoms with van der Waals surface area (Å²) in [6.07, 6.45) is 8.40. The summed E-state index contributed by atoms with van der Waals surface area (Å²) in [5, 5.41) is 53.1. The number of nitrogens with zero attached hydrogens (tertiary/aromatic N) is 9. The molecule has 0 atom stereocenters. The minimum atomic E-state index is -0.229. The first-order chi connectivity index (χ1) is 59.9. The van der Waals surface area contributed by atoms with E-state index in [0.717, 1.165) is 75.2 Å². The van der Waals surface area contributed by atoms with Crippen LogP contribution in [0.3, 0.4) is 0 Å². The molecule has 30 nitrogen and oxygen atoms in total. The summed E-state index contributed by atoms with van der Waals surface area (Å²) in [6, 6.07) is 54.2. The number of ether oxygens (including phenoxy) is 9. The summed E-state index contributed by atoms with van der Waals surface area (Å²) in [7, 11) is 0. The van der Waals surface area contributed by atoms with Crippen LogP contribution in [0, 0.1) is 41.5 Å². The summed E-state index contributed by atoms with van der Waals surface area (Å²) in [5.41, 5.74) is 8.08. The minimum Gasteiger partial charge on any atom is -1.00 e. The van der Waals surface area contributed by atoms with Gasteiger partial charge in [-0.05, 0) is 165 Å². The Kier molecular flexibility index (Phi) is 32.3. The molecular weight excluding hydrogens is 1700 g/mol. The zero-order chi connectivity index (χ0) is 85.8. The first-order valence-corrected chi connectivity index (χ1v) is 42.8. The Morgan fingerprint density at radius 3 is 1.23 bits per heavy atom. The smallest absolute Gasteiger partial charge is 0.266 e. The number of benzene rings is 5. The molecule has 0 aliphatic carbocycles. The van der Waals surface area contributed by atoms with Crippen LogP contribution in [0.4, 0.5) is 28.7 Å². The van der Waals surface area contributed by atoms with E-state index in [1.807, 2.05) is 184 Å². The SMILES string of the molecule is Cc1ccc(OCC(=O)N(Cc2cccs2)c2c[nH][nH+]c2)cc1.Cc1ccc(OCC(=O)N(Cc2cccs2)c2ccn[nH]2)c(O)c1.Cc1ccc(OCC(=O)N(Cc2cccs2)c2cn[nH]c2C)cc1.Cc1n[nH]c(C)c1N(Cc1cccs1)C(=O)COc1ccc2c(c1)OCO2.O=C(COc1ccc2c(c1)OCO2)N(Cc1cccs1)c1ccn[nH]1.[Cl-]. The van der Waals surface area contributed by atoms with Crippen molar-refractivity contribution in [3.8, 4) is 57.5 Å². The second-order valence-corrected chi connectivity index (χ2v) is 32.6. The number of aromatic nitrogens is 10. The van der Waals surface area contributed by atoms with Crippen LogP contribution in [0.25, 0.3) is 0 Å². The van der Waals surface area contributed by atoms with E-state index < -0.39 is 0 Å². The molecule has 2 aliphatic rings. The summed E-state index contributed by atoms with van der Waals surface area (Å²) >= 11 is 8.03. The summed E-state index contributed by atoms with van der Waals surface area (Å²) < 4.78 is 49.3. The predicted molar refractivity (Wildman–Crippen MR) is 471 cm³/mol. The van der Waals surface area contributed by atoms with Crippen LogP contribution in [-0.2, 0) is 56.7 Å². The van der Waals surface area contributed by atoms with Crippen molar-refractivity contribution < 1.29 is 89.2 Å². The van der Waals surface area contributed by atoms with E-state index in [4.69, 9.17) is 42.6 Å². The van der Waals surface area contributed by atoms with Crippen molar-refractivity contribution in [3.05, 3.63) is 292 Å². The Morgan fingerprint density at radius 1 is 0.419 bits per heavy atom. The van der Waals surface area contributed by atoms with Crippen LogP contribution >= 0.6 is 56.7 Å². The predicted octanol–water partition coefficient (Wildman–Crippen LogP) is 12.9. The van der Waals surface area contributed by atoms with Gasteiger partial charge >= 0.3 is 0 Å². The highest BCUT2D eigenvalue weighted by Gasteiger charge is 2.28. The average Bonchev–Trinajstić information content (AvgIpc) is 1.66. The molecule has 5 aromatic carbocycles. The highest BCUT2D eigenvalue weighted by molar-refractivity contribution is 7.11. The van der Waals surface area contributed by atoms with E-state index >= 15 is 0 Å². The third kappa shape index (κ3) is 25.5. The average molecular weight is 1790 g/mol. The zero-order valence-electron chi connectivity index (χ0n) is 68.1. The lowest BCUT2D eigenvalue weighted by Crippen LogP contribution is -3.00. The Morgan fingerprint density at radius 2 is 0.823 bits per heavy atom. The number of aromatic hydroxyl groups is 1. The first kappa shape index (κ1) is 89.5. The van der Waals surface area contributed by atoms with Gasteiger partial charge in [0.2, 0.25) is 19.8 Å². The van der Waals surface area contributed by atoms with Gasteiger partial charge in [-0.2, -0.15) is 25.5 Å². The number of fused-ring (bicyclic) bond motifs is 2. The Bertz CT molecular complexity index is 5760. The number of rotatable bonds is 30. The fourth-order valence-electron chi connectivity index (χ4n) is 12.2. The number of carbonyl (C=O) groups is 5. The number of phenols is 1. The van der Waals surface area contributed by atoms with Gasteiger partial charge in [0.15, 0.2) is 67.5 Å². The van der Waals surface area contributed by atoms with Gasteiger partial charge in [-0.25, -0.2) is 0 Å². The lowest BCUT2D eigenvalue weighted by molar-refractivity contribution is -0.448. The number of aryl methyl sites for hydroxylation is 6. The van der Waals surface area contributed by atoms with Crippen LogP contribution in [0.5, 0.6) is 57.5 Å². The Labute approximate surface area is 739 Å². The normalized spacial score (nSPS) is 11.1. The van der Waals surface area contributed by atoms with Gasteiger partial charge < -0.3 is 69.9 Å². The topological polar surface area (TPSA) is 350 Å². The molecule has 0 saturated heterocycles. The van der Waals surface area contributed by atoms with Crippen LogP contribution in [0.15, 0.2) is 234 Å². The van der Waals surface area contributed by atoms with Gasteiger partial charge in [0, 0.05) is 48.7 Å². The second kappa shape index (κ2) is 44.7. The number of thiophene rings is 5. The number of anilines is 5. The van der Waals surface area contributed by atoms with Gasteiger partial charge in [0.05, 0.1) is 86.0 Å². The highest BCUT2D eigenvalue weighted by Crippen LogP contribution is 2.38. The highest BCUT2D eigenvalue weighted by atomic mass is 35.5. The number of hydrogen-bond donors (Lipinski definition) is 6. The van der Waals surface area contributed by atoms with Gasteiger partial charge in [0.1, 0.15) is 40.3 Å². The lowest BCUT2D eigenvalue weighted by atomic mass is 10.2. The fraction of sp³-hybridized carbons (Fsp3) is 0.205. The zero-order valence-corrected chi connectivity index (χ0v) is 72.9. The number of halogens is 1. The standard InChI is InChI=1S/C19H19N3O4S.C18H19N3O2S.C17H15N3O4S.C17H17N3O3S.C17H17N3O2S.ClH/c1-12-19(13(2)21-20-12)22(9-15-4-3-7-27-15)18(23)10-24-14-5-6-16-17(8-14)26-11-25-16;1-13-5-7-15(8-6-13)23-12-18(22)21(11-16-4-3-9-24-16)17-10-19-20-14(17)2;21-17(10-22-12-3-4-14-15(8-12)24-11-23-14)20(16-5-6-18-19-16)9-13-2-1-7-25-13;1-12-4-5-15(14(21)9-12)23-11-17(22)20(16-6-7-18-19-16)10-13-3-2-8-24-13;1-13-4-6-15(7-5-13)22-12-17(21)20(14-9-18-19-10-14)11-16-3-2-8-23-16;/h3-8H,9-11H2,1-2H3,(H,20,21);3-10H,11-12H2,1-2H3,(H,19,20);1-8H,9-11H2,(H,18,19);2-9,21H,10-11H2,1H3,(H,18,19);2-10H,11-12H2,1H3,(H,18,19);1H. The van der Waals surface area contributed by atoms with E-state index in [2.05, 4.69) is 51.0 Å². The van der Waals surface area contributed by atoms with Crippen molar-refractivity contribution in [2.24, 2.45) is 0 Å². The van der Waals surface area contributed by atoms with Crippen LogP contribution < -0.4 is 84.6 Å². The van der Waals surface area contributed by atoms with Crippen molar-refractivity contribution >= 4 is 115 Å². The molecule has 12 heterocycles. The number of hydrogen-bond acceptors (Lipinski definition) is 24. The molecule has 0 saturated carbocycles. The number of carbonyl (C=O) groups excluding carboxylic acids is 5. The van der Waals surface area contributed by atoms with Crippen molar-refractivity contribution in [1.29, 1.82) is 0 Å². The fourth-order valence-corrected chi connectivity index (χ4v) is 15.6. The van der Waals surface area contributed by atoms with E-state index in [0.29, 0.717) is 90.4 Å². The summed E-state index contributed by atoms with van der Waals surface area (Å²) in [6.45, 7) is 14.0. The second-order valence-electron chi connectivity index (χ2n) is 27.4. The maximum Gasteiger partial charge on any atom is 0.266 e. The third-order valence-corrected chi connectivity index (χ3v) is 22.8. The van der Waals surface area contributed by atoms with Gasteiger partial charge in [-0.1, -0.05) is 71.8 Å². The number of amides is 5.